The molecule has 1 saturated heterocycles. The van der Waals surface area contributed by atoms with Crippen LogP contribution >= 0.6 is 0 Å². The maximum Gasteiger partial charge on any atom is 0.342 e. The van der Waals surface area contributed by atoms with Crippen molar-refractivity contribution in [1.82, 2.24) is 0 Å². The van der Waals surface area contributed by atoms with Gasteiger partial charge in [0.2, 0.25) is 0 Å². The molecule has 1 aliphatic rings. The third-order valence-electron chi connectivity index (χ3n) is 3.45. The number of anilines is 1. The Bertz CT molecular complexity index is 556. The third kappa shape index (κ3) is 2.88. The number of aliphatic hydroxyl groups is 1. The second-order valence-electron chi connectivity index (χ2n) is 5.29. The van der Waals surface area contributed by atoms with E-state index in [1.807, 2.05) is 4.90 Å². The molecule has 1 heterocycles. The molecule has 1 aromatic carbocycles. The van der Waals surface area contributed by atoms with Crippen molar-refractivity contribution in [1.29, 1.82) is 0 Å². The van der Waals surface area contributed by atoms with Crippen molar-refractivity contribution in [3.05, 3.63) is 33.9 Å². The zero-order chi connectivity index (χ0) is 14.9. The van der Waals surface area contributed by atoms with Crippen molar-refractivity contribution >= 4 is 17.3 Å². The van der Waals surface area contributed by atoms with Gasteiger partial charge in [-0.05, 0) is 31.9 Å². The first-order valence-corrected chi connectivity index (χ1v) is 6.29. The maximum absolute atomic E-state index is 11.0. The van der Waals surface area contributed by atoms with Crippen LogP contribution in [0.3, 0.4) is 0 Å². The molecule has 7 heteroatoms. The first-order chi connectivity index (χ1) is 9.30. The van der Waals surface area contributed by atoms with E-state index >= 15 is 0 Å². The van der Waals surface area contributed by atoms with Gasteiger partial charge in [-0.25, -0.2) is 4.79 Å². The Balaban J connectivity index is 2.36. The summed E-state index contributed by atoms with van der Waals surface area (Å²) in [4.78, 5) is 23.1. The number of nitro benzene ring substituents is 1. The van der Waals surface area contributed by atoms with Crippen LogP contribution in [0.4, 0.5) is 11.4 Å². The zero-order valence-electron chi connectivity index (χ0n) is 11.1. The van der Waals surface area contributed by atoms with Crippen molar-refractivity contribution in [2.75, 3.05) is 18.0 Å². The first kappa shape index (κ1) is 14.3. The van der Waals surface area contributed by atoms with Crippen LogP contribution in [0.2, 0.25) is 0 Å². The number of carbonyl (C=O) groups is 1. The monoisotopic (exact) mass is 280 g/mol. The molecule has 1 aromatic rings. The summed E-state index contributed by atoms with van der Waals surface area (Å²) < 4.78 is 0. The molecule has 108 valence electrons. The lowest BCUT2D eigenvalue weighted by Gasteiger charge is -2.38. The summed E-state index contributed by atoms with van der Waals surface area (Å²) >= 11 is 0. The van der Waals surface area contributed by atoms with Crippen LogP contribution in [-0.2, 0) is 0 Å². The van der Waals surface area contributed by atoms with Gasteiger partial charge in [0.05, 0.1) is 10.5 Å². The van der Waals surface area contributed by atoms with Gasteiger partial charge in [0.1, 0.15) is 5.56 Å². The van der Waals surface area contributed by atoms with E-state index in [2.05, 4.69) is 0 Å². The van der Waals surface area contributed by atoms with Crippen LogP contribution in [0, 0.1) is 10.1 Å². The zero-order valence-corrected chi connectivity index (χ0v) is 11.1. The smallest absolute Gasteiger partial charge is 0.342 e. The highest BCUT2D eigenvalue weighted by molar-refractivity contribution is 5.93. The van der Waals surface area contributed by atoms with Crippen molar-refractivity contribution in [3.63, 3.8) is 0 Å². The van der Waals surface area contributed by atoms with Gasteiger partial charge in [0.15, 0.2) is 0 Å². The largest absolute Gasteiger partial charge is 0.477 e. The van der Waals surface area contributed by atoms with E-state index in [-0.39, 0.29) is 5.56 Å². The highest BCUT2D eigenvalue weighted by Gasteiger charge is 2.30. The molecule has 7 nitrogen and oxygen atoms in total. The molecule has 1 atom stereocenters. The van der Waals surface area contributed by atoms with Gasteiger partial charge in [0.25, 0.3) is 5.69 Å². The SMILES string of the molecule is CC1(O)CCCN(c2ccc(C(=O)O)c([N+](=O)[O-])c2)C1. The highest BCUT2D eigenvalue weighted by Crippen LogP contribution is 2.30. The Morgan fingerprint density at radius 3 is 2.75 bits per heavy atom. The van der Waals surface area contributed by atoms with Gasteiger partial charge in [-0.15, -0.1) is 0 Å². The minimum atomic E-state index is -1.33. The number of aromatic carboxylic acids is 1. The van der Waals surface area contributed by atoms with Crippen LogP contribution in [-0.4, -0.2) is 39.8 Å². The summed E-state index contributed by atoms with van der Waals surface area (Å²) in [6.45, 7) is 2.77. The highest BCUT2D eigenvalue weighted by atomic mass is 16.6. The summed E-state index contributed by atoms with van der Waals surface area (Å²) in [6, 6.07) is 4.03. The standard InChI is InChI=1S/C13H16N2O5/c1-13(18)5-2-6-14(8-13)9-3-4-10(12(16)17)11(7-9)15(19)20/h3-4,7,18H,2,5-6,8H2,1H3,(H,16,17). The van der Waals surface area contributed by atoms with Crippen LogP contribution in [0.15, 0.2) is 18.2 Å². The lowest BCUT2D eigenvalue weighted by molar-refractivity contribution is -0.385. The first-order valence-electron chi connectivity index (χ1n) is 6.29. The number of hydrogen-bond donors (Lipinski definition) is 2. The van der Waals surface area contributed by atoms with Gasteiger partial charge < -0.3 is 15.1 Å². The third-order valence-corrected chi connectivity index (χ3v) is 3.45. The molecule has 2 N–H and O–H groups in total. The molecule has 1 unspecified atom stereocenters. The van der Waals surface area contributed by atoms with Gasteiger partial charge in [-0.2, -0.15) is 0 Å². The van der Waals surface area contributed by atoms with Gasteiger partial charge in [-0.3, -0.25) is 10.1 Å². The normalized spacial score (nSPS) is 22.6. The Kier molecular flexibility index (Phi) is 3.63. The number of benzene rings is 1. The summed E-state index contributed by atoms with van der Waals surface area (Å²) in [5.74, 6) is -1.33. The molecule has 0 saturated carbocycles. The molecule has 0 radical (unpaired) electrons. The molecule has 1 fully saturated rings. The minimum Gasteiger partial charge on any atom is -0.477 e. The number of nitro groups is 1. The number of β-amino-alcohol motifs (C(OH)–C–C–N with tert-alkyl or cyclic N) is 1. The van der Waals surface area contributed by atoms with Gasteiger partial charge >= 0.3 is 5.97 Å². The fourth-order valence-corrected chi connectivity index (χ4v) is 2.49. The number of hydrogen-bond acceptors (Lipinski definition) is 5. The fraction of sp³-hybridized carbons (Fsp3) is 0.462. The van der Waals surface area contributed by atoms with E-state index in [1.54, 1.807) is 6.92 Å². The molecule has 2 rings (SSSR count). The molecule has 1 aliphatic heterocycles. The van der Waals surface area contributed by atoms with Crippen LogP contribution in [0.5, 0.6) is 0 Å². The Morgan fingerprint density at radius 1 is 1.50 bits per heavy atom. The second-order valence-corrected chi connectivity index (χ2v) is 5.29. The molecule has 0 spiro atoms. The average Bonchev–Trinajstić information content (AvgIpc) is 2.36. The van der Waals surface area contributed by atoms with E-state index in [4.69, 9.17) is 5.11 Å². The predicted octanol–water partition coefficient (Wildman–Crippen LogP) is 1.64. The Morgan fingerprint density at radius 2 is 2.20 bits per heavy atom. The van der Waals surface area contributed by atoms with Crippen molar-refractivity contribution in [2.24, 2.45) is 0 Å². The summed E-state index contributed by atoms with van der Waals surface area (Å²) in [7, 11) is 0. The number of nitrogens with zero attached hydrogens (tertiary/aromatic N) is 2. The number of carboxylic acid groups (broad SMARTS) is 1. The summed E-state index contributed by atoms with van der Waals surface area (Å²) in [6.07, 6.45) is 1.46. The quantitative estimate of drug-likeness (QED) is 0.644. The molecule has 0 amide bonds. The molecule has 0 aliphatic carbocycles. The molecule has 0 bridgehead atoms. The molecule has 20 heavy (non-hydrogen) atoms. The van der Waals surface area contributed by atoms with E-state index in [1.165, 1.54) is 18.2 Å². The van der Waals surface area contributed by atoms with E-state index in [9.17, 15) is 20.0 Å². The van der Waals surface area contributed by atoms with E-state index in [0.29, 0.717) is 25.2 Å². The van der Waals surface area contributed by atoms with Crippen LogP contribution in [0.25, 0.3) is 0 Å². The molecular formula is C13H16N2O5. The van der Waals surface area contributed by atoms with E-state index in [0.717, 1.165) is 6.42 Å². The molecular weight excluding hydrogens is 264 g/mol. The van der Waals surface area contributed by atoms with E-state index < -0.39 is 22.2 Å². The summed E-state index contributed by atoms with van der Waals surface area (Å²) in [5.41, 5.74) is -1.04. The Labute approximate surface area is 115 Å². The minimum absolute atomic E-state index is 0.331. The fourth-order valence-electron chi connectivity index (χ4n) is 2.49. The van der Waals surface area contributed by atoms with Crippen molar-refractivity contribution in [3.8, 4) is 0 Å². The second kappa shape index (κ2) is 5.09. The Hall–Kier alpha value is -2.15. The summed E-state index contributed by atoms with van der Waals surface area (Å²) in [5, 5.41) is 30.0. The number of piperidine rings is 1. The molecule has 0 aromatic heterocycles. The van der Waals surface area contributed by atoms with Crippen molar-refractivity contribution in [2.45, 2.75) is 25.4 Å². The lowest BCUT2D eigenvalue weighted by atomic mass is 9.94. The maximum atomic E-state index is 11.0. The van der Waals surface area contributed by atoms with Crippen LogP contribution < -0.4 is 4.90 Å². The van der Waals surface area contributed by atoms with Crippen LogP contribution in [0.1, 0.15) is 30.1 Å². The topological polar surface area (TPSA) is 104 Å². The van der Waals surface area contributed by atoms with Crippen molar-refractivity contribution < 1.29 is 19.9 Å². The predicted molar refractivity (Wildman–Crippen MR) is 72.1 cm³/mol. The number of rotatable bonds is 3. The average molecular weight is 280 g/mol. The number of carboxylic acids is 1. The van der Waals surface area contributed by atoms with Gasteiger partial charge in [0, 0.05) is 24.8 Å². The lowest BCUT2D eigenvalue weighted by Crippen LogP contribution is -2.46. The van der Waals surface area contributed by atoms with Gasteiger partial charge in [-0.1, -0.05) is 0 Å².